The molecule has 0 atom stereocenters. The number of aliphatic hydroxyl groups is 2. The highest BCUT2D eigenvalue weighted by Gasteiger charge is 2.29. The number of carbonyl (C=O) groups is 1. The third kappa shape index (κ3) is 6.76. The molecule has 6 N–H and O–H groups in total. The Bertz CT molecular complexity index is 1400. The Morgan fingerprint density at radius 3 is 2.55 bits per heavy atom. The summed E-state index contributed by atoms with van der Waals surface area (Å²) in [4.78, 5) is 12.0. The van der Waals surface area contributed by atoms with Crippen LogP contribution < -0.4 is 15.8 Å². The van der Waals surface area contributed by atoms with E-state index in [0.717, 1.165) is 17.0 Å². The molecule has 1 aromatic heterocycles. The minimum Gasteiger partial charge on any atom is -0.485 e. The van der Waals surface area contributed by atoms with Crippen LogP contribution in [0.5, 0.6) is 5.75 Å². The van der Waals surface area contributed by atoms with E-state index in [1.165, 1.54) is 4.31 Å². The van der Waals surface area contributed by atoms with Gasteiger partial charge in [-0.15, -0.1) is 11.3 Å². The molecule has 1 fully saturated rings. The van der Waals surface area contributed by atoms with Crippen molar-refractivity contribution < 1.29 is 33.3 Å². The van der Waals surface area contributed by atoms with Gasteiger partial charge in [0.15, 0.2) is 16.9 Å². The molecule has 1 saturated heterocycles. The number of nitrogens with one attached hydrogen (secondary N) is 1. The maximum absolute atomic E-state index is 12.9. The van der Waals surface area contributed by atoms with E-state index in [-0.39, 0.29) is 27.4 Å². The number of aliphatic hydroxyl groups excluding tert-OH is 1. The lowest BCUT2D eigenvalue weighted by atomic mass is 10.1. The Labute approximate surface area is 229 Å². The second-order valence-electron chi connectivity index (χ2n) is 8.90. The summed E-state index contributed by atoms with van der Waals surface area (Å²) in [6.45, 7) is 0.252. The average molecular weight is 582 g/mol. The van der Waals surface area contributed by atoms with E-state index in [4.69, 9.17) is 32.3 Å². The van der Waals surface area contributed by atoms with Gasteiger partial charge in [-0.2, -0.15) is 0 Å². The normalized spacial score (nSPS) is 15.1. The molecule has 0 amide bonds. The zero-order valence-electron chi connectivity index (χ0n) is 20.2. The summed E-state index contributed by atoms with van der Waals surface area (Å²) in [5.74, 6) is -1.45. The first-order valence-corrected chi connectivity index (χ1v) is 14.6. The first-order chi connectivity index (χ1) is 18.0. The summed E-state index contributed by atoms with van der Waals surface area (Å²) >= 11 is 7.36. The Morgan fingerprint density at radius 1 is 1.18 bits per heavy atom. The minimum atomic E-state index is -3.47. The van der Waals surface area contributed by atoms with Crippen molar-refractivity contribution in [2.45, 2.75) is 30.9 Å². The van der Waals surface area contributed by atoms with Gasteiger partial charge in [0.05, 0.1) is 10.6 Å². The highest BCUT2D eigenvalue weighted by Crippen LogP contribution is 2.46. The number of halogens is 1. The summed E-state index contributed by atoms with van der Waals surface area (Å²) in [6.07, 6.45) is -0.544. The van der Waals surface area contributed by atoms with Crippen molar-refractivity contribution in [2.24, 2.45) is 0 Å². The smallest absolute Gasteiger partial charge is 0.349 e. The van der Waals surface area contributed by atoms with Gasteiger partial charge in [-0.25, -0.2) is 17.5 Å². The molecule has 3 aromatic rings. The molecule has 10 nitrogen and oxygen atoms in total. The van der Waals surface area contributed by atoms with Crippen LogP contribution in [0.4, 0.5) is 11.4 Å². The molecule has 2 heterocycles. The number of hydrogen-bond acceptors (Lipinski definition) is 9. The molecule has 38 heavy (non-hydrogen) atoms. The van der Waals surface area contributed by atoms with Crippen LogP contribution in [-0.4, -0.2) is 66.0 Å². The maximum Gasteiger partial charge on any atom is 0.349 e. The van der Waals surface area contributed by atoms with Crippen LogP contribution in [-0.2, 0) is 15.8 Å². The van der Waals surface area contributed by atoms with Crippen LogP contribution >= 0.6 is 22.9 Å². The Morgan fingerprint density at radius 2 is 1.89 bits per heavy atom. The van der Waals surface area contributed by atoms with E-state index in [1.807, 2.05) is 12.1 Å². The van der Waals surface area contributed by atoms with Gasteiger partial charge in [0, 0.05) is 30.5 Å². The second-order valence-corrected chi connectivity index (χ2v) is 12.3. The van der Waals surface area contributed by atoms with Crippen molar-refractivity contribution in [3.05, 3.63) is 64.0 Å². The Hall–Kier alpha value is -2.87. The van der Waals surface area contributed by atoms with Gasteiger partial charge in [0.1, 0.15) is 11.6 Å². The number of benzene rings is 2. The number of anilines is 2. The number of carboxylic acid groups (broad SMARTS) is 1. The van der Waals surface area contributed by atoms with E-state index in [1.54, 1.807) is 36.4 Å². The summed E-state index contributed by atoms with van der Waals surface area (Å²) in [5, 5.41) is 31.2. The van der Waals surface area contributed by atoms with E-state index < -0.39 is 28.9 Å². The van der Waals surface area contributed by atoms with E-state index >= 15 is 0 Å². The average Bonchev–Trinajstić information content (AvgIpc) is 3.19. The van der Waals surface area contributed by atoms with Crippen molar-refractivity contribution in [1.29, 1.82) is 0 Å². The number of aromatic carboxylic acids is 1. The number of hydrogen-bond donors (Lipinski definition) is 5. The molecule has 0 aliphatic carbocycles. The fourth-order valence-electron chi connectivity index (χ4n) is 4.26. The van der Waals surface area contributed by atoms with Gasteiger partial charge in [0.25, 0.3) is 0 Å². The maximum atomic E-state index is 12.9. The summed E-state index contributed by atoms with van der Waals surface area (Å²) in [5.41, 5.74) is 8.39. The molecule has 13 heteroatoms. The van der Waals surface area contributed by atoms with Crippen molar-refractivity contribution in [2.75, 3.05) is 30.7 Å². The van der Waals surface area contributed by atoms with Gasteiger partial charge in [-0.1, -0.05) is 35.9 Å². The largest absolute Gasteiger partial charge is 0.485 e. The number of rotatable bonds is 10. The molecule has 0 spiro atoms. The minimum absolute atomic E-state index is 0.0439. The number of thiophene rings is 1. The lowest BCUT2D eigenvalue weighted by Crippen LogP contribution is -2.42. The molecule has 0 unspecified atom stereocenters. The first kappa shape index (κ1) is 28.1. The predicted octanol–water partition coefficient (Wildman–Crippen LogP) is 3.44. The molecule has 0 bridgehead atoms. The highest BCUT2D eigenvalue weighted by molar-refractivity contribution is 7.88. The Kier molecular flexibility index (Phi) is 8.81. The van der Waals surface area contributed by atoms with Crippen LogP contribution in [0.1, 0.15) is 28.1 Å². The van der Waals surface area contributed by atoms with Gasteiger partial charge in [-0.05, 0) is 48.2 Å². The molecule has 2 aromatic carbocycles. The van der Waals surface area contributed by atoms with Gasteiger partial charge in [-0.3, -0.25) is 0 Å². The molecule has 0 radical (unpaired) electrons. The predicted molar refractivity (Wildman–Crippen MR) is 147 cm³/mol. The van der Waals surface area contributed by atoms with Crippen LogP contribution in [0.25, 0.3) is 10.4 Å². The van der Waals surface area contributed by atoms with E-state index in [0.29, 0.717) is 47.6 Å². The lowest BCUT2D eigenvalue weighted by Gasteiger charge is -2.32. The van der Waals surface area contributed by atoms with Crippen molar-refractivity contribution in [3.8, 4) is 16.2 Å². The third-order valence-corrected chi connectivity index (χ3v) is 9.55. The molecular formula is C25H28ClN3O7S2. The van der Waals surface area contributed by atoms with Crippen LogP contribution in [0.3, 0.4) is 0 Å². The SMILES string of the molecule is Nc1cccc(CS(=O)(=O)N2CCC(Nc3cccc(-c4sc(C(=O)O)c(OCC(O)O)c4Cl)c3)CC2)c1. The molecule has 0 saturated carbocycles. The van der Waals surface area contributed by atoms with Crippen molar-refractivity contribution >= 4 is 50.3 Å². The molecule has 1 aliphatic rings. The van der Waals surface area contributed by atoms with Crippen molar-refractivity contribution in [3.63, 3.8) is 0 Å². The zero-order valence-corrected chi connectivity index (χ0v) is 22.6. The zero-order chi connectivity index (χ0) is 27.4. The topological polar surface area (TPSA) is 162 Å². The van der Waals surface area contributed by atoms with Crippen LogP contribution in [0.2, 0.25) is 5.02 Å². The van der Waals surface area contributed by atoms with E-state index in [9.17, 15) is 18.3 Å². The number of nitrogens with two attached hydrogens (primary N) is 1. The molecule has 1 aliphatic heterocycles. The van der Waals surface area contributed by atoms with Gasteiger partial charge < -0.3 is 31.1 Å². The Balaban J connectivity index is 1.42. The number of sulfonamides is 1. The highest BCUT2D eigenvalue weighted by atomic mass is 35.5. The fraction of sp³-hybridized carbons (Fsp3) is 0.320. The quantitative estimate of drug-likeness (QED) is 0.178. The number of nitrogens with zero attached hydrogens (tertiary/aromatic N) is 1. The van der Waals surface area contributed by atoms with Crippen molar-refractivity contribution in [1.82, 2.24) is 4.31 Å². The van der Waals surface area contributed by atoms with E-state index in [2.05, 4.69) is 5.32 Å². The number of piperidine rings is 1. The summed E-state index contributed by atoms with van der Waals surface area (Å²) in [7, 11) is -3.47. The summed E-state index contributed by atoms with van der Waals surface area (Å²) in [6, 6.07) is 14.2. The molecule has 4 rings (SSSR count). The van der Waals surface area contributed by atoms with Crippen LogP contribution in [0.15, 0.2) is 48.5 Å². The molecular weight excluding hydrogens is 554 g/mol. The number of carboxylic acids is 1. The monoisotopic (exact) mass is 581 g/mol. The first-order valence-electron chi connectivity index (χ1n) is 11.8. The van der Waals surface area contributed by atoms with Crippen LogP contribution in [0, 0.1) is 0 Å². The number of ether oxygens (including phenoxy) is 1. The van der Waals surface area contributed by atoms with Gasteiger partial charge >= 0.3 is 5.97 Å². The summed E-state index contributed by atoms with van der Waals surface area (Å²) < 4.78 is 32.6. The second kappa shape index (κ2) is 11.9. The van der Waals surface area contributed by atoms with Gasteiger partial charge in [0.2, 0.25) is 10.0 Å². The standard InChI is InChI=1S/C25H28ClN3O7S2/c26-21-22(36-13-20(30)31)24(25(32)33)37-23(21)16-4-2-6-19(12-16)28-18-7-9-29(10-8-18)38(34,35)14-15-3-1-5-17(27)11-15/h1-6,11-12,18,20,28,30-31H,7-10,13-14,27H2,(H,32,33). The molecule has 204 valence electrons. The number of nitrogen functional groups attached to an aromatic ring is 1. The lowest BCUT2D eigenvalue weighted by molar-refractivity contribution is -0.0681. The third-order valence-electron chi connectivity index (χ3n) is 6.02. The fourth-order valence-corrected chi connectivity index (χ4v) is 7.21.